The van der Waals surface area contributed by atoms with Gasteiger partial charge in [-0.2, -0.15) is 0 Å². The molecule has 1 aliphatic heterocycles. The normalized spacial score (nSPS) is 18.7. The van der Waals surface area contributed by atoms with E-state index in [1.165, 1.54) is 4.31 Å². The maximum absolute atomic E-state index is 11.6. The number of nitrogens with zero attached hydrogens (tertiary/aromatic N) is 1. The van der Waals surface area contributed by atoms with Crippen LogP contribution in [0, 0.1) is 5.92 Å². The predicted octanol–water partition coefficient (Wildman–Crippen LogP) is -0.242. The lowest BCUT2D eigenvalue weighted by molar-refractivity contribution is -0.145. The van der Waals surface area contributed by atoms with E-state index < -0.39 is 21.9 Å². The summed E-state index contributed by atoms with van der Waals surface area (Å²) >= 11 is 0. The highest BCUT2D eigenvalue weighted by Crippen LogP contribution is 2.19. The van der Waals surface area contributed by atoms with Crippen molar-refractivity contribution in [3.8, 4) is 0 Å². The van der Waals surface area contributed by atoms with Crippen molar-refractivity contribution in [1.29, 1.82) is 0 Å². The van der Waals surface area contributed by atoms with Gasteiger partial charge in [0.1, 0.15) is 0 Å². The third-order valence-electron chi connectivity index (χ3n) is 2.38. The Hall–Kier alpha value is -0.660. The van der Waals surface area contributed by atoms with Crippen LogP contribution in [-0.2, 0) is 19.6 Å². The van der Waals surface area contributed by atoms with Crippen molar-refractivity contribution in [3.63, 3.8) is 0 Å². The molecular formula is C9H17NO5S. The van der Waals surface area contributed by atoms with Gasteiger partial charge in [0, 0.05) is 13.1 Å². The van der Waals surface area contributed by atoms with Gasteiger partial charge in [0.15, 0.2) is 0 Å². The number of carbonyl (C=O) groups is 1. The van der Waals surface area contributed by atoms with Crippen LogP contribution in [0.25, 0.3) is 0 Å². The molecule has 7 heteroatoms. The van der Waals surface area contributed by atoms with Gasteiger partial charge in [0.25, 0.3) is 0 Å². The number of ether oxygens (including phenoxy) is 1. The summed E-state index contributed by atoms with van der Waals surface area (Å²) in [6, 6.07) is 0. The third-order valence-corrected chi connectivity index (χ3v) is 4.15. The van der Waals surface area contributed by atoms with Gasteiger partial charge < -0.3 is 9.84 Å². The van der Waals surface area contributed by atoms with E-state index in [1.54, 1.807) is 0 Å². The summed E-state index contributed by atoms with van der Waals surface area (Å²) in [5.41, 5.74) is 0. The minimum absolute atomic E-state index is 0.00152. The topological polar surface area (TPSA) is 83.9 Å². The van der Waals surface area contributed by atoms with Gasteiger partial charge in [0.2, 0.25) is 10.0 Å². The van der Waals surface area contributed by atoms with Crippen LogP contribution in [0.2, 0.25) is 0 Å². The number of carboxylic acids is 1. The molecule has 16 heavy (non-hydrogen) atoms. The first-order valence-electron chi connectivity index (χ1n) is 5.15. The van der Waals surface area contributed by atoms with E-state index in [2.05, 4.69) is 0 Å². The Morgan fingerprint density at radius 1 is 1.50 bits per heavy atom. The molecule has 6 nitrogen and oxygen atoms in total. The van der Waals surface area contributed by atoms with Gasteiger partial charge in [-0.3, -0.25) is 4.79 Å². The fourth-order valence-electron chi connectivity index (χ4n) is 1.34. The Morgan fingerprint density at radius 2 is 2.06 bits per heavy atom. The van der Waals surface area contributed by atoms with Crippen LogP contribution in [0.5, 0.6) is 0 Å². The molecule has 1 aliphatic rings. The van der Waals surface area contributed by atoms with Crippen LogP contribution in [0.3, 0.4) is 0 Å². The van der Waals surface area contributed by atoms with Crippen LogP contribution in [-0.4, -0.2) is 55.4 Å². The van der Waals surface area contributed by atoms with Gasteiger partial charge in [-0.1, -0.05) is 0 Å². The Bertz CT molecular complexity index is 345. The van der Waals surface area contributed by atoms with E-state index in [1.807, 2.05) is 13.8 Å². The molecular weight excluding hydrogens is 234 g/mol. The average Bonchev–Trinajstić information content (AvgIpc) is 1.97. The van der Waals surface area contributed by atoms with E-state index in [4.69, 9.17) is 9.84 Å². The van der Waals surface area contributed by atoms with Crippen LogP contribution in [0.1, 0.15) is 13.8 Å². The molecule has 1 fully saturated rings. The van der Waals surface area contributed by atoms with Crippen LogP contribution >= 0.6 is 0 Å². The molecule has 0 saturated carbocycles. The van der Waals surface area contributed by atoms with Crippen molar-refractivity contribution in [2.45, 2.75) is 20.0 Å². The third kappa shape index (κ3) is 3.43. The highest BCUT2D eigenvalue weighted by Gasteiger charge is 2.39. The maximum atomic E-state index is 11.6. The van der Waals surface area contributed by atoms with Crippen molar-refractivity contribution in [1.82, 2.24) is 4.31 Å². The number of carboxylic acid groups (broad SMARTS) is 1. The molecule has 0 aromatic carbocycles. The summed E-state index contributed by atoms with van der Waals surface area (Å²) in [5, 5.41) is 8.62. The van der Waals surface area contributed by atoms with E-state index in [9.17, 15) is 13.2 Å². The van der Waals surface area contributed by atoms with E-state index in [-0.39, 0.29) is 31.6 Å². The maximum Gasteiger partial charge on any atom is 0.309 e. The highest BCUT2D eigenvalue weighted by atomic mass is 32.2. The monoisotopic (exact) mass is 251 g/mol. The minimum atomic E-state index is -3.34. The number of hydrogen-bond donors (Lipinski definition) is 1. The minimum Gasteiger partial charge on any atom is -0.481 e. The van der Waals surface area contributed by atoms with Gasteiger partial charge in [0.05, 0.1) is 24.4 Å². The van der Waals surface area contributed by atoms with Crippen molar-refractivity contribution in [2.75, 3.05) is 25.4 Å². The zero-order chi connectivity index (χ0) is 12.3. The van der Waals surface area contributed by atoms with Crippen LogP contribution in [0.4, 0.5) is 0 Å². The van der Waals surface area contributed by atoms with Crippen molar-refractivity contribution < 1.29 is 23.1 Å². The molecule has 1 saturated heterocycles. The largest absolute Gasteiger partial charge is 0.481 e. The molecule has 0 radical (unpaired) electrons. The molecule has 0 amide bonds. The Labute approximate surface area is 95.2 Å². The molecule has 0 aromatic rings. The molecule has 1 N–H and O–H groups in total. The fourth-order valence-corrected chi connectivity index (χ4v) is 2.72. The number of sulfonamides is 1. The molecule has 94 valence electrons. The summed E-state index contributed by atoms with van der Waals surface area (Å²) in [4.78, 5) is 10.5. The van der Waals surface area contributed by atoms with Crippen molar-refractivity contribution in [3.05, 3.63) is 0 Å². The number of hydrogen-bond acceptors (Lipinski definition) is 4. The van der Waals surface area contributed by atoms with E-state index in [0.29, 0.717) is 0 Å². The molecule has 0 atom stereocenters. The zero-order valence-corrected chi connectivity index (χ0v) is 10.2. The SMILES string of the molecule is CC(C)OCCS(=O)(=O)N1CC(C(=O)O)C1. The quantitative estimate of drug-likeness (QED) is 0.704. The number of rotatable bonds is 6. The average molecular weight is 251 g/mol. The van der Waals surface area contributed by atoms with Crippen LogP contribution < -0.4 is 0 Å². The first kappa shape index (κ1) is 13.4. The summed E-state index contributed by atoms with van der Waals surface area (Å²) in [7, 11) is -3.34. The Morgan fingerprint density at radius 3 is 2.50 bits per heavy atom. The summed E-state index contributed by atoms with van der Waals surface area (Å²) in [5.74, 6) is -1.58. The highest BCUT2D eigenvalue weighted by molar-refractivity contribution is 7.89. The first-order chi connectivity index (χ1) is 7.33. The summed E-state index contributed by atoms with van der Waals surface area (Å²) in [6.07, 6.45) is -0.00152. The molecule has 0 spiro atoms. The Balaban J connectivity index is 2.34. The lowest BCUT2D eigenvalue weighted by atomic mass is 10.0. The molecule has 0 unspecified atom stereocenters. The second-order valence-electron chi connectivity index (χ2n) is 4.09. The van der Waals surface area contributed by atoms with E-state index >= 15 is 0 Å². The molecule has 0 aliphatic carbocycles. The van der Waals surface area contributed by atoms with Gasteiger partial charge >= 0.3 is 5.97 Å². The molecule has 0 bridgehead atoms. The van der Waals surface area contributed by atoms with Crippen LogP contribution in [0.15, 0.2) is 0 Å². The predicted molar refractivity (Wildman–Crippen MR) is 57.6 cm³/mol. The zero-order valence-electron chi connectivity index (χ0n) is 9.42. The second-order valence-corrected chi connectivity index (χ2v) is 6.18. The Kier molecular flexibility index (Phi) is 4.28. The van der Waals surface area contributed by atoms with Gasteiger partial charge in [-0.15, -0.1) is 0 Å². The molecule has 0 aromatic heterocycles. The summed E-state index contributed by atoms with van der Waals surface area (Å²) in [6.45, 7) is 3.97. The fraction of sp³-hybridized carbons (Fsp3) is 0.889. The summed E-state index contributed by atoms with van der Waals surface area (Å²) < 4.78 is 29.6. The van der Waals surface area contributed by atoms with Gasteiger partial charge in [-0.05, 0) is 13.8 Å². The van der Waals surface area contributed by atoms with Crippen molar-refractivity contribution >= 4 is 16.0 Å². The molecule has 1 heterocycles. The smallest absolute Gasteiger partial charge is 0.309 e. The first-order valence-corrected chi connectivity index (χ1v) is 6.76. The number of aliphatic carboxylic acids is 1. The second kappa shape index (κ2) is 5.11. The van der Waals surface area contributed by atoms with E-state index in [0.717, 1.165) is 0 Å². The van der Waals surface area contributed by atoms with Crippen molar-refractivity contribution in [2.24, 2.45) is 5.92 Å². The lowest BCUT2D eigenvalue weighted by Gasteiger charge is -2.35. The molecule has 1 rings (SSSR count). The van der Waals surface area contributed by atoms with Gasteiger partial charge in [-0.25, -0.2) is 12.7 Å². The lowest BCUT2D eigenvalue weighted by Crippen LogP contribution is -2.53. The standard InChI is InChI=1S/C9H17NO5S/c1-7(2)15-3-4-16(13,14)10-5-8(6-10)9(11)12/h7-8H,3-6H2,1-2H3,(H,11,12).